The predicted octanol–water partition coefficient (Wildman–Crippen LogP) is 1.22. The average Bonchev–Trinajstić information content (AvgIpc) is 2.77. The van der Waals surface area contributed by atoms with E-state index in [1.165, 1.54) is 27.4 Å². The first-order chi connectivity index (χ1) is 9.60. The predicted molar refractivity (Wildman–Crippen MR) is 70.0 cm³/mol. The Hall–Kier alpha value is -2.50. The van der Waals surface area contributed by atoms with E-state index in [1.807, 2.05) is 0 Å². The van der Waals surface area contributed by atoms with E-state index >= 15 is 0 Å². The fourth-order valence-corrected chi connectivity index (χ4v) is 1.89. The van der Waals surface area contributed by atoms with Gasteiger partial charge in [-0.3, -0.25) is 4.79 Å². The number of cyclic esters (lactones) is 1. The minimum absolute atomic E-state index is 0.0132. The monoisotopic (exact) mass is 278 g/mol. The number of carbonyl (C=O) groups is 2. The second-order valence-electron chi connectivity index (χ2n) is 4.02. The van der Waals surface area contributed by atoms with Crippen molar-refractivity contribution >= 4 is 17.8 Å². The number of hydrogen-bond donors (Lipinski definition) is 0. The molecule has 106 valence electrons. The Morgan fingerprint density at radius 1 is 1.05 bits per heavy atom. The van der Waals surface area contributed by atoms with Crippen molar-refractivity contribution < 1.29 is 28.5 Å². The molecule has 0 N–H and O–H groups in total. The first kappa shape index (κ1) is 13.9. The van der Waals surface area contributed by atoms with Crippen molar-refractivity contribution in [3.63, 3.8) is 0 Å². The molecule has 0 aromatic heterocycles. The van der Waals surface area contributed by atoms with Crippen LogP contribution in [0.2, 0.25) is 0 Å². The third-order valence-corrected chi connectivity index (χ3v) is 2.85. The van der Waals surface area contributed by atoms with Crippen molar-refractivity contribution in [2.45, 2.75) is 0 Å². The van der Waals surface area contributed by atoms with Gasteiger partial charge in [-0.25, -0.2) is 4.79 Å². The van der Waals surface area contributed by atoms with Crippen LogP contribution < -0.4 is 14.2 Å². The largest absolute Gasteiger partial charge is 0.493 e. The quantitative estimate of drug-likeness (QED) is 0.468. The van der Waals surface area contributed by atoms with Gasteiger partial charge in [0.2, 0.25) is 11.5 Å². The van der Waals surface area contributed by atoms with Crippen LogP contribution in [0.1, 0.15) is 5.56 Å². The van der Waals surface area contributed by atoms with Crippen molar-refractivity contribution in [3.8, 4) is 17.2 Å². The van der Waals surface area contributed by atoms with Gasteiger partial charge in [-0.15, -0.1) is 0 Å². The Morgan fingerprint density at radius 2 is 1.65 bits per heavy atom. The fourth-order valence-electron chi connectivity index (χ4n) is 1.89. The summed E-state index contributed by atoms with van der Waals surface area (Å²) in [5.74, 6) is 0.361. The van der Waals surface area contributed by atoms with Gasteiger partial charge in [0.15, 0.2) is 18.1 Å². The zero-order valence-electron chi connectivity index (χ0n) is 11.4. The van der Waals surface area contributed by atoms with Gasteiger partial charge in [0, 0.05) is 0 Å². The average molecular weight is 278 g/mol. The summed E-state index contributed by atoms with van der Waals surface area (Å²) >= 11 is 0. The number of benzene rings is 1. The van der Waals surface area contributed by atoms with Crippen molar-refractivity contribution in [2.24, 2.45) is 0 Å². The second-order valence-corrected chi connectivity index (χ2v) is 4.02. The standard InChI is InChI=1S/C14H14O6/c1-17-11-5-8(6-12(18-2)13(11)19-3)4-9-10(15)7-20-14(9)16/h4-6H,7H2,1-3H3. The molecule has 1 heterocycles. The van der Waals surface area contributed by atoms with Crippen molar-refractivity contribution in [1.82, 2.24) is 0 Å². The third kappa shape index (κ3) is 2.45. The van der Waals surface area contributed by atoms with E-state index in [0.717, 1.165) is 0 Å². The summed E-state index contributed by atoms with van der Waals surface area (Å²) < 4.78 is 20.3. The van der Waals surface area contributed by atoms with Gasteiger partial charge in [-0.1, -0.05) is 0 Å². The van der Waals surface area contributed by atoms with E-state index in [-0.39, 0.29) is 18.0 Å². The summed E-state index contributed by atoms with van der Waals surface area (Å²) in [6.07, 6.45) is 1.45. The number of ether oxygens (including phenoxy) is 4. The Labute approximate surface area is 115 Å². The SMILES string of the molecule is COc1cc(C=C2C(=O)COC2=O)cc(OC)c1OC. The molecule has 0 aliphatic carbocycles. The Morgan fingerprint density at radius 3 is 2.05 bits per heavy atom. The maximum Gasteiger partial charge on any atom is 0.342 e. The van der Waals surface area contributed by atoms with E-state index in [9.17, 15) is 9.59 Å². The van der Waals surface area contributed by atoms with Crippen LogP contribution in [0.5, 0.6) is 17.2 Å². The molecule has 1 aromatic rings. The highest BCUT2D eigenvalue weighted by molar-refractivity contribution is 6.24. The molecule has 1 aromatic carbocycles. The van der Waals surface area contributed by atoms with Crippen molar-refractivity contribution in [2.75, 3.05) is 27.9 Å². The first-order valence-electron chi connectivity index (χ1n) is 5.82. The van der Waals surface area contributed by atoms with E-state index in [2.05, 4.69) is 4.74 Å². The van der Waals surface area contributed by atoms with E-state index < -0.39 is 5.97 Å². The molecule has 0 atom stereocenters. The van der Waals surface area contributed by atoms with Crippen LogP contribution >= 0.6 is 0 Å². The van der Waals surface area contributed by atoms with Gasteiger partial charge in [0.05, 0.1) is 21.3 Å². The molecule has 1 saturated heterocycles. The second kappa shape index (κ2) is 5.64. The van der Waals surface area contributed by atoms with Gasteiger partial charge < -0.3 is 18.9 Å². The summed E-state index contributed by atoms with van der Waals surface area (Å²) in [6, 6.07) is 3.29. The molecule has 0 unspecified atom stereocenters. The molecule has 1 fully saturated rings. The molecule has 6 nitrogen and oxygen atoms in total. The van der Waals surface area contributed by atoms with Crippen molar-refractivity contribution in [3.05, 3.63) is 23.3 Å². The molecule has 1 aliphatic heterocycles. The molecule has 0 saturated carbocycles. The van der Waals surface area contributed by atoms with Crippen LogP contribution in [0, 0.1) is 0 Å². The summed E-state index contributed by atoms with van der Waals surface area (Å²) in [5, 5.41) is 0. The normalized spacial score (nSPS) is 16.2. The lowest BCUT2D eigenvalue weighted by Gasteiger charge is -2.12. The van der Waals surface area contributed by atoms with Gasteiger partial charge in [0.1, 0.15) is 5.57 Å². The highest BCUT2D eigenvalue weighted by Crippen LogP contribution is 2.38. The van der Waals surface area contributed by atoms with Gasteiger partial charge in [-0.2, -0.15) is 0 Å². The highest BCUT2D eigenvalue weighted by Gasteiger charge is 2.28. The van der Waals surface area contributed by atoms with Crippen LogP contribution in [0.4, 0.5) is 0 Å². The Kier molecular flexibility index (Phi) is 3.93. The molecular formula is C14H14O6. The minimum atomic E-state index is -0.622. The van der Waals surface area contributed by atoms with E-state index in [1.54, 1.807) is 12.1 Å². The Bertz CT molecular complexity index is 544. The lowest BCUT2D eigenvalue weighted by Crippen LogP contribution is -2.01. The fraction of sp³-hybridized carbons (Fsp3) is 0.286. The minimum Gasteiger partial charge on any atom is -0.493 e. The number of methoxy groups -OCH3 is 3. The molecule has 2 rings (SSSR count). The van der Waals surface area contributed by atoms with Crippen LogP contribution in [-0.4, -0.2) is 39.7 Å². The molecule has 20 heavy (non-hydrogen) atoms. The number of esters is 1. The van der Waals surface area contributed by atoms with Crippen LogP contribution in [0.25, 0.3) is 6.08 Å². The number of Topliss-reactive ketones (excluding diaryl/α,β-unsaturated/α-hetero) is 1. The molecule has 0 bridgehead atoms. The molecule has 0 spiro atoms. The lowest BCUT2D eigenvalue weighted by atomic mass is 10.1. The molecule has 0 amide bonds. The smallest absolute Gasteiger partial charge is 0.342 e. The van der Waals surface area contributed by atoms with Gasteiger partial charge in [-0.05, 0) is 23.8 Å². The summed E-state index contributed by atoms with van der Waals surface area (Å²) in [5.41, 5.74) is 0.598. The number of rotatable bonds is 4. The van der Waals surface area contributed by atoms with Crippen LogP contribution in [0.15, 0.2) is 17.7 Å². The summed E-state index contributed by atoms with van der Waals surface area (Å²) in [7, 11) is 4.47. The molecule has 1 aliphatic rings. The zero-order chi connectivity index (χ0) is 14.7. The Balaban J connectivity index is 2.50. The molecule has 6 heteroatoms. The van der Waals surface area contributed by atoms with Crippen LogP contribution in [-0.2, 0) is 14.3 Å². The molecular weight excluding hydrogens is 264 g/mol. The number of hydrogen-bond acceptors (Lipinski definition) is 6. The van der Waals surface area contributed by atoms with E-state index in [4.69, 9.17) is 14.2 Å². The number of carbonyl (C=O) groups excluding carboxylic acids is 2. The summed E-state index contributed by atoms with van der Waals surface area (Å²) in [6.45, 7) is -0.213. The van der Waals surface area contributed by atoms with Gasteiger partial charge >= 0.3 is 5.97 Å². The first-order valence-corrected chi connectivity index (χ1v) is 5.82. The third-order valence-electron chi connectivity index (χ3n) is 2.85. The highest BCUT2D eigenvalue weighted by atomic mass is 16.5. The van der Waals surface area contributed by atoms with Crippen molar-refractivity contribution in [1.29, 1.82) is 0 Å². The lowest BCUT2D eigenvalue weighted by molar-refractivity contribution is -0.135. The number of ketones is 1. The zero-order valence-corrected chi connectivity index (χ0v) is 11.4. The topological polar surface area (TPSA) is 71.1 Å². The van der Waals surface area contributed by atoms with Gasteiger partial charge in [0.25, 0.3) is 0 Å². The summed E-state index contributed by atoms with van der Waals surface area (Å²) in [4.78, 5) is 22.9. The van der Waals surface area contributed by atoms with Crippen LogP contribution in [0.3, 0.4) is 0 Å². The maximum atomic E-state index is 11.5. The van der Waals surface area contributed by atoms with E-state index in [0.29, 0.717) is 22.8 Å². The molecule has 0 radical (unpaired) electrons. The maximum absolute atomic E-state index is 11.5.